The number of methoxy groups -OCH3 is 1. The van der Waals surface area contributed by atoms with Crippen LogP contribution in [0, 0.1) is 0 Å². The summed E-state index contributed by atoms with van der Waals surface area (Å²) in [4.78, 5) is 23.5. The second-order valence-corrected chi connectivity index (χ2v) is 5.48. The summed E-state index contributed by atoms with van der Waals surface area (Å²) in [6.07, 6.45) is 0.253. The average Bonchev–Trinajstić information content (AvgIpc) is 2.46. The summed E-state index contributed by atoms with van der Waals surface area (Å²) in [6.45, 7) is 6.95. The number of benzene rings is 1. The van der Waals surface area contributed by atoms with Crippen molar-refractivity contribution in [3.63, 3.8) is 0 Å². The summed E-state index contributed by atoms with van der Waals surface area (Å²) >= 11 is 0. The van der Waals surface area contributed by atoms with E-state index in [-0.39, 0.29) is 12.5 Å². The summed E-state index contributed by atoms with van der Waals surface area (Å²) in [6, 6.07) is 4.75. The third-order valence-electron chi connectivity index (χ3n) is 3.36. The molecule has 1 aromatic carbocycles. The van der Waals surface area contributed by atoms with Crippen LogP contribution in [0.25, 0.3) is 0 Å². The van der Waals surface area contributed by atoms with Crippen LogP contribution in [0.4, 0.5) is 0 Å². The molecule has 1 atom stereocenters. The van der Waals surface area contributed by atoms with Gasteiger partial charge < -0.3 is 19.9 Å². The summed E-state index contributed by atoms with van der Waals surface area (Å²) in [5.74, 6) is -0.586. The van der Waals surface area contributed by atoms with Crippen molar-refractivity contribution in [1.82, 2.24) is 5.32 Å². The lowest BCUT2D eigenvalue weighted by Crippen LogP contribution is -2.51. The second kappa shape index (κ2) is 7.15. The fourth-order valence-corrected chi connectivity index (χ4v) is 1.78. The Hall–Kier alpha value is -2.24. The van der Waals surface area contributed by atoms with Crippen LogP contribution in [0.3, 0.4) is 0 Å². The van der Waals surface area contributed by atoms with Crippen molar-refractivity contribution in [2.75, 3.05) is 7.11 Å². The van der Waals surface area contributed by atoms with E-state index in [9.17, 15) is 14.7 Å². The lowest BCUT2D eigenvalue weighted by atomic mass is 9.98. The highest BCUT2D eigenvalue weighted by molar-refractivity contribution is 5.98. The first-order valence-electron chi connectivity index (χ1n) is 7.14. The van der Waals surface area contributed by atoms with Gasteiger partial charge in [0.25, 0.3) is 5.91 Å². The maximum Gasteiger partial charge on any atom is 0.329 e. The molecule has 0 fully saturated rings. The topological polar surface area (TPSA) is 84.9 Å². The van der Waals surface area contributed by atoms with Gasteiger partial charge in [-0.3, -0.25) is 4.79 Å². The molecule has 1 amide bonds. The van der Waals surface area contributed by atoms with Crippen molar-refractivity contribution in [1.29, 1.82) is 0 Å². The maximum atomic E-state index is 12.3. The predicted molar refractivity (Wildman–Crippen MR) is 82.6 cm³/mol. The molecule has 2 N–H and O–H groups in total. The molecule has 0 aromatic heterocycles. The standard InChI is InChI=1S/C16H23NO5/c1-6-16(4,15(19)20)17-14(18)11-7-8-12(22-10(2)3)13(9-11)21-5/h7-10H,6H2,1-5H3,(H,17,18)(H,19,20). The van der Waals surface area contributed by atoms with E-state index in [1.54, 1.807) is 19.1 Å². The maximum absolute atomic E-state index is 12.3. The fraction of sp³-hybridized carbons (Fsp3) is 0.500. The van der Waals surface area contributed by atoms with E-state index < -0.39 is 17.4 Å². The third-order valence-corrected chi connectivity index (χ3v) is 3.36. The fourth-order valence-electron chi connectivity index (χ4n) is 1.78. The summed E-state index contributed by atoms with van der Waals surface area (Å²) in [5.41, 5.74) is -0.994. The quantitative estimate of drug-likeness (QED) is 0.808. The van der Waals surface area contributed by atoms with Crippen LogP contribution in [0.2, 0.25) is 0 Å². The van der Waals surface area contributed by atoms with Crippen molar-refractivity contribution >= 4 is 11.9 Å². The molecule has 0 aliphatic heterocycles. The zero-order valence-electron chi connectivity index (χ0n) is 13.6. The summed E-state index contributed by atoms with van der Waals surface area (Å²) < 4.78 is 10.8. The summed E-state index contributed by atoms with van der Waals surface area (Å²) in [7, 11) is 1.48. The Balaban J connectivity index is 3.02. The Morgan fingerprint density at radius 3 is 2.41 bits per heavy atom. The first-order chi connectivity index (χ1) is 10.2. The smallest absolute Gasteiger partial charge is 0.329 e. The van der Waals surface area contributed by atoms with E-state index in [2.05, 4.69) is 5.32 Å². The van der Waals surface area contributed by atoms with Gasteiger partial charge in [0.1, 0.15) is 5.54 Å². The van der Waals surface area contributed by atoms with Crippen molar-refractivity contribution in [3.8, 4) is 11.5 Å². The zero-order valence-corrected chi connectivity index (χ0v) is 13.6. The Labute approximate surface area is 130 Å². The van der Waals surface area contributed by atoms with Gasteiger partial charge in [0.15, 0.2) is 11.5 Å². The van der Waals surface area contributed by atoms with Crippen LogP contribution >= 0.6 is 0 Å². The van der Waals surface area contributed by atoms with Gasteiger partial charge in [-0.25, -0.2) is 4.79 Å². The highest BCUT2D eigenvalue weighted by Gasteiger charge is 2.33. The normalized spacial score (nSPS) is 13.4. The van der Waals surface area contributed by atoms with Gasteiger partial charge in [0.05, 0.1) is 13.2 Å². The minimum Gasteiger partial charge on any atom is -0.493 e. The highest BCUT2D eigenvalue weighted by atomic mass is 16.5. The van der Waals surface area contributed by atoms with Crippen molar-refractivity contribution in [2.24, 2.45) is 0 Å². The predicted octanol–water partition coefficient (Wildman–Crippen LogP) is 2.47. The number of nitrogens with one attached hydrogen (secondary N) is 1. The molecule has 6 nitrogen and oxygen atoms in total. The Morgan fingerprint density at radius 1 is 1.32 bits per heavy atom. The minimum atomic E-state index is -1.31. The Morgan fingerprint density at radius 2 is 1.95 bits per heavy atom. The number of ether oxygens (including phenoxy) is 2. The van der Waals surface area contributed by atoms with Crippen LogP contribution in [0.15, 0.2) is 18.2 Å². The van der Waals surface area contributed by atoms with Gasteiger partial charge in [-0.2, -0.15) is 0 Å². The number of hydrogen-bond acceptors (Lipinski definition) is 4. The third kappa shape index (κ3) is 4.13. The molecule has 0 radical (unpaired) electrons. The van der Waals surface area contributed by atoms with Gasteiger partial charge >= 0.3 is 5.97 Å². The SMILES string of the molecule is CCC(C)(NC(=O)c1ccc(OC(C)C)c(OC)c1)C(=O)O. The van der Waals surface area contributed by atoms with E-state index in [1.807, 2.05) is 13.8 Å². The number of carboxylic acid groups (broad SMARTS) is 1. The number of hydrogen-bond donors (Lipinski definition) is 2. The van der Waals surface area contributed by atoms with Gasteiger partial charge in [-0.1, -0.05) is 6.92 Å². The molecule has 122 valence electrons. The monoisotopic (exact) mass is 309 g/mol. The Kier molecular flexibility index (Phi) is 5.79. The lowest BCUT2D eigenvalue weighted by molar-refractivity contribution is -0.143. The minimum absolute atomic E-state index is 0.0241. The summed E-state index contributed by atoms with van der Waals surface area (Å²) in [5, 5.41) is 11.7. The molecule has 0 bridgehead atoms. The first kappa shape index (κ1) is 17.8. The van der Waals surface area contributed by atoms with Crippen LogP contribution < -0.4 is 14.8 Å². The van der Waals surface area contributed by atoms with Crippen LogP contribution in [-0.4, -0.2) is 35.7 Å². The van der Waals surface area contributed by atoms with E-state index in [4.69, 9.17) is 9.47 Å². The molecular weight excluding hydrogens is 286 g/mol. The molecule has 0 saturated carbocycles. The molecular formula is C16H23NO5. The van der Waals surface area contributed by atoms with Gasteiger partial charge in [-0.05, 0) is 45.4 Å². The number of carbonyl (C=O) groups excluding carboxylic acids is 1. The number of amides is 1. The molecule has 0 saturated heterocycles. The Bertz CT molecular complexity index is 555. The van der Waals surface area contributed by atoms with Crippen molar-refractivity contribution in [3.05, 3.63) is 23.8 Å². The molecule has 0 heterocycles. The number of carboxylic acids is 1. The van der Waals surface area contributed by atoms with Crippen molar-refractivity contribution < 1.29 is 24.2 Å². The molecule has 1 unspecified atom stereocenters. The molecule has 22 heavy (non-hydrogen) atoms. The molecule has 6 heteroatoms. The zero-order chi connectivity index (χ0) is 16.9. The van der Waals surface area contributed by atoms with Gasteiger partial charge in [0, 0.05) is 5.56 Å². The van der Waals surface area contributed by atoms with Gasteiger partial charge in [-0.15, -0.1) is 0 Å². The van der Waals surface area contributed by atoms with Crippen LogP contribution in [-0.2, 0) is 4.79 Å². The molecule has 0 aliphatic carbocycles. The van der Waals surface area contributed by atoms with E-state index in [0.717, 1.165) is 0 Å². The molecule has 1 aromatic rings. The number of carbonyl (C=O) groups is 2. The van der Waals surface area contributed by atoms with Crippen LogP contribution in [0.1, 0.15) is 44.5 Å². The number of rotatable bonds is 7. The van der Waals surface area contributed by atoms with E-state index >= 15 is 0 Å². The molecule has 0 aliphatic rings. The molecule has 0 spiro atoms. The van der Waals surface area contributed by atoms with Crippen molar-refractivity contribution in [2.45, 2.75) is 45.8 Å². The van der Waals surface area contributed by atoms with Gasteiger partial charge in [0.2, 0.25) is 0 Å². The average molecular weight is 309 g/mol. The lowest BCUT2D eigenvalue weighted by Gasteiger charge is -2.24. The van der Waals surface area contributed by atoms with E-state index in [0.29, 0.717) is 17.1 Å². The first-order valence-corrected chi connectivity index (χ1v) is 7.14. The molecule has 1 rings (SSSR count). The largest absolute Gasteiger partial charge is 0.493 e. The highest BCUT2D eigenvalue weighted by Crippen LogP contribution is 2.29. The number of aliphatic carboxylic acids is 1. The second-order valence-electron chi connectivity index (χ2n) is 5.48. The van der Waals surface area contributed by atoms with E-state index in [1.165, 1.54) is 20.1 Å². The van der Waals surface area contributed by atoms with Crippen LogP contribution in [0.5, 0.6) is 11.5 Å².